The van der Waals surface area contributed by atoms with Crippen molar-refractivity contribution in [3.8, 4) is 56.4 Å². The van der Waals surface area contributed by atoms with Crippen molar-refractivity contribution in [3.63, 3.8) is 0 Å². The molecule has 0 saturated carbocycles. The molecule has 0 N–H and O–H groups in total. The Kier molecular flexibility index (Phi) is 7.14. The van der Waals surface area contributed by atoms with Crippen molar-refractivity contribution in [1.82, 2.24) is 15.0 Å². The minimum Gasteiger partial charge on any atom is -0.208 e. The van der Waals surface area contributed by atoms with Gasteiger partial charge >= 0.3 is 0 Å². The summed E-state index contributed by atoms with van der Waals surface area (Å²) in [6.45, 7) is 0. The van der Waals surface area contributed by atoms with E-state index in [4.69, 9.17) is 15.0 Å². The third-order valence-electron chi connectivity index (χ3n) is 10.1. The first-order valence-corrected chi connectivity index (χ1v) is 17.6. The fraction of sp³-hybridized carbons (Fsp3) is 0. The van der Waals surface area contributed by atoms with Crippen molar-refractivity contribution >= 4 is 43.1 Å². The highest BCUT2D eigenvalue weighted by Crippen LogP contribution is 2.45. The highest BCUT2D eigenvalue weighted by molar-refractivity contribution is 6.28. The van der Waals surface area contributed by atoms with Crippen LogP contribution in [0.15, 0.2) is 188 Å². The van der Waals surface area contributed by atoms with Crippen LogP contribution in [0.25, 0.3) is 99.5 Å². The molecule has 0 aliphatic rings. The van der Waals surface area contributed by atoms with Gasteiger partial charge in [-0.1, -0.05) is 182 Å². The topological polar surface area (TPSA) is 38.7 Å². The minimum atomic E-state index is 0.634. The van der Waals surface area contributed by atoms with Gasteiger partial charge in [-0.15, -0.1) is 0 Å². The average molecular weight is 662 g/mol. The molecule has 0 atom stereocenters. The molecule has 1 heterocycles. The van der Waals surface area contributed by atoms with Gasteiger partial charge in [-0.25, -0.2) is 15.0 Å². The van der Waals surface area contributed by atoms with Gasteiger partial charge in [0.2, 0.25) is 0 Å². The second kappa shape index (κ2) is 12.4. The molecular formula is C49H31N3. The summed E-state index contributed by atoms with van der Waals surface area (Å²) in [4.78, 5) is 15.2. The molecule has 3 heteroatoms. The van der Waals surface area contributed by atoms with E-state index in [2.05, 4.69) is 127 Å². The molecule has 10 aromatic rings. The molecule has 3 nitrogen and oxygen atoms in total. The van der Waals surface area contributed by atoms with Crippen LogP contribution in [-0.4, -0.2) is 15.0 Å². The molecule has 0 radical (unpaired) electrons. The van der Waals surface area contributed by atoms with E-state index in [1.807, 2.05) is 60.7 Å². The molecule has 0 amide bonds. The van der Waals surface area contributed by atoms with E-state index in [1.165, 1.54) is 48.7 Å². The second-order valence-corrected chi connectivity index (χ2v) is 13.1. The number of benzene rings is 9. The monoisotopic (exact) mass is 661 g/mol. The zero-order valence-corrected chi connectivity index (χ0v) is 28.2. The summed E-state index contributed by atoms with van der Waals surface area (Å²) in [5, 5.41) is 9.93. The van der Waals surface area contributed by atoms with Gasteiger partial charge in [0.1, 0.15) is 0 Å². The standard InChI is InChI=1S/C49H31N3/c1-3-16-33(17-4-1)47-50-48(34-18-5-2-6-19-34)52-49(51-47)35-29-30-41(45(31-35)37-26-13-20-32-15-7-8-21-36(32)37)44-28-14-27-43-40-23-10-9-22-38(40)39-24-11-12-25-42(39)46(43)44/h1-31H. The first-order valence-electron chi connectivity index (χ1n) is 17.6. The zero-order chi connectivity index (χ0) is 34.4. The maximum absolute atomic E-state index is 5.10. The summed E-state index contributed by atoms with van der Waals surface area (Å²) in [7, 11) is 0. The Hall–Kier alpha value is -6.97. The van der Waals surface area contributed by atoms with Gasteiger partial charge in [0.05, 0.1) is 0 Å². The Morgan fingerprint density at radius 2 is 0.692 bits per heavy atom. The highest BCUT2D eigenvalue weighted by atomic mass is 15.0. The van der Waals surface area contributed by atoms with Crippen molar-refractivity contribution in [3.05, 3.63) is 188 Å². The second-order valence-electron chi connectivity index (χ2n) is 13.1. The third kappa shape index (κ3) is 5.02. The van der Waals surface area contributed by atoms with Gasteiger partial charge in [0.15, 0.2) is 17.5 Å². The molecule has 0 bridgehead atoms. The molecule has 52 heavy (non-hydrogen) atoms. The molecule has 1 aromatic heterocycles. The summed E-state index contributed by atoms with van der Waals surface area (Å²) in [5.41, 5.74) is 7.47. The molecule has 0 unspecified atom stereocenters. The van der Waals surface area contributed by atoms with Crippen molar-refractivity contribution in [1.29, 1.82) is 0 Å². The van der Waals surface area contributed by atoms with E-state index < -0.39 is 0 Å². The van der Waals surface area contributed by atoms with Crippen LogP contribution in [0.2, 0.25) is 0 Å². The molecule has 242 valence electrons. The average Bonchev–Trinajstić information content (AvgIpc) is 3.23. The summed E-state index contributed by atoms with van der Waals surface area (Å²) in [6, 6.07) is 66.5. The Bertz CT molecular complexity index is 2840. The van der Waals surface area contributed by atoms with Crippen molar-refractivity contribution < 1.29 is 0 Å². The van der Waals surface area contributed by atoms with E-state index in [-0.39, 0.29) is 0 Å². The van der Waals surface area contributed by atoms with Crippen LogP contribution >= 0.6 is 0 Å². The zero-order valence-electron chi connectivity index (χ0n) is 28.2. The van der Waals surface area contributed by atoms with Gasteiger partial charge in [0.25, 0.3) is 0 Å². The Morgan fingerprint density at radius 3 is 1.33 bits per heavy atom. The number of nitrogens with zero attached hydrogens (tertiary/aromatic N) is 3. The van der Waals surface area contributed by atoms with Gasteiger partial charge in [-0.3, -0.25) is 0 Å². The number of aromatic nitrogens is 3. The summed E-state index contributed by atoms with van der Waals surface area (Å²) in [6.07, 6.45) is 0. The largest absolute Gasteiger partial charge is 0.208 e. The molecule has 0 spiro atoms. The third-order valence-corrected chi connectivity index (χ3v) is 10.1. The van der Waals surface area contributed by atoms with Crippen LogP contribution in [0.3, 0.4) is 0 Å². The predicted octanol–water partition coefficient (Wildman–Crippen LogP) is 12.8. The van der Waals surface area contributed by atoms with E-state index in [0.29, 0.717) is 17.5 Å². The lowest BCUT2D eigenvalue weighted by Crippen LogP contribution is -2.00. The van der Waals surface area contributed by atoms with Crippen LogP contribution < -0.4 is 0 Å². The fourth-order valence-electron chi connectivity index (χ4n) is 7.72. The molecule has 0 aliphatic heterocycles. The SMILES string of the molecule is c1ccc(-c2nc(-c3ccccc3)nc(-c3ccc(-c4cccc5c6ccccc6c6ccccc6c45)c(-c4cccc5ccccc45)c3)n2)cc1. The van der Waals surface area contributed by atoms with Crippen LogP contribution in [-0.2, 0) is 0 Å². The van der Waals surface area contributed by atoms with Crippen LogP contribution in [0.4, 0.5) is 0 Å². The van der Waals surface area contributed by atoms with Crippen LogP contribution in [0, 0.1) is 0 Å². The van der Waals surface area contributed by atoms with Gasteiger partial charge in [0, 0.05) is 16.7 Å². The number of rotatable bonds is 5. The van der Waals surface area contributed by atoms with Gasteiger partial charge in [-0.2, -0.15) is 0 Å². The smallest absolute Gasteiger partial charge is 0.164 e. The van der Waals surface area contributed by atoms with Crippen LogP contribution in [0.1, 0.15) is 0 Å². The number of fused-ring (bicyclic) bond motifs is 7. The van der Waals surface area contributed by atoms with E-state index in [0.717, 1.165) is 33.4 Å². The summed E-state index contributed by atoms with van der Waals surface area (Å²) >= 11 is 0. The quantitative estimate of drug-likeness (QED) is 0.172. The normalized spacial score (nSPS) is 11.5. The first-order chi connectivity index (χ1) is 25.8. The van der Waals surface area contributed by atoms with E-state index >= 15 is 0 Å². The number of hydrogen-bond acceptors (Lipinski definition) is 3. The summed E-state index contributed by atoms with van der Waals surface area (Å²) in [5.74, 6) is 1.93. The molecule has 9 aromatic carbocycles. The van der Waals surface area contributed by atoms with Gasteiger partial charge in [-0.05, 0) is 71.4 Å². The molecule has 0 fully saturated rings. The lowest BCUT2D eigenvalue weighted by molar-refractivity contribution is 1.07. The Balaban J connectivity index is 1.28. The lowest BCUT2D eigenvalue weighted by Gasteiger charge is -2.18. The van der Waals surface area contributed by atoms with Crippen molar-refractivity contribution in [2.75, 3.05) is 0 Å². The highest BCUT2D eigenvalue weighted by Gasteiger charge is 2.19. The number of hydrogen-bond donors (Lipinski definition) is 0. The predicted molar refractivity (Wildman–Crippen MR) is 217 cm³/mol. The maximum atomic E-state index is 5.10. The van der Waals surface area contributed by atoms with Crippen LogP contribution in [0.5, 0.6) is 0 Å². The van der Waals surface area contributed by atoms with Crippen molar-refractivity contribution in [2.24, 2.45) is 0 Å². The maximum Gasteiger partial charge on any atom is 0.164 e. The molecule has 10 rings (SSSR count). The Morgan fingerprint density at radius 1 is 0.250 bits per heavy atom. The Labute approximate surface area is 301 Å². The first kappa shape index (κ1) is 29.9. The molecular weight excluding hydrogens is 631 g/mol. The van der Waals surface area contributed by atoms with E-state index in [9.17, 15) is 0 Å². The van der Waals surface area contributed by atoms with Gasteiger partial charge < -0.3 is 0 Å². The fourth-order valence-corrected chi connectivity index (χ4v) is 7.72. The van der Waals surface area contributed by atoms with E-state index in [1.54, 1.807) is 0 Å². The van der Waals surface area contributed by atoms with Crippen molar-refractivity contribution in [2.45, 2.75) is 0 Å². The lowest BCUT2D eigenvalue weighted by atomic mass is 9.85. The molecule has 0 saturated heterocycles. The minimum absolute atomic E-state index is 0.634. The molecule has 0 aliphatic carbocycles. The summed E-state index contributed by atoms with van der Waals surface area (Å²) < 4.78 is 0.